The SMILES string of the molecule is O=C(CN1CCc2sccc2C1c1cccc(F)c1)N1CCCN(C(=O)Nc2cccc(Cl)c2)CC1. The molecule has 2 aliphatic rings. The lowest BCUT2D eigenvalue weighted by Crippen LogP contribution is -2.45. The largest absolute Gasteiger partial charge is 0.340 e. The molecule has 9 heteroatoms. The van der Waals surface area contributed by atoms with Crippen molar-refractivity contribution in [2.45, 2.75) is 18.9 Å². The van der Waals surface area contributed by atoms with Gasteiger partial charge in [-0.05, 0) is 65.7 Å². The van der Waals surface area contributed by atoms with Crippen molar-refractivity contribution in [2.75, 3.05) is 44.6 Å². The fourth-order valence-corrected chi connectivity index (χ4v) is 6.11. The minimum absolute atomic E-state index is 0.0344. The molecular weight excluding hydrogens is 499 g/mol. The highest BCUT2D eigenvalue weighted by molar-refractivity contribution is 7.10. The van der Waals surface area contributed by atoms with Crippen LogP contribution in [-0.4, -0.2) is 65.9 Å². The molecule has 188 valence electrons. The molecule has 1 atom stereocenters. The van der Waals surface area contributed by atoms with Crippen LogP contribution in [0.1, 0.15) is 28.5 Å². The van der Waals surface area contributed by atoms with Crippen LogP contribution >= 0.6 is 22.9 Å². The lowest BCUT2D eigenvalue weighted by Gasteiger charge is -2.37. The Balaban J connectivity index is 1.24. The second-order valence-corrected chi connectivity index (χ2v) is 10.6. The first-order chi connectivity index (χ1) is 17.5. The molecule has 6 nitrogen and oxygen atoms in total. The van der Waals surface area contributed by atoms with E-state index in [0.717, 1.165) is 24.1 Å². The minimum Gasteiger partial charge on any atom is -0.340 e. The number of hydrogen-bond donors (Lipinski definition) is 1. The van der Waals surface area contributed by atoms with E-state index in [1.165, 1.54) is 10.9 Å². The van der Waals surface area contributed by atoms with Crippen LogP contribution < -0.4 is 5.32 Å². The Morgan fingerprint density at radius 2 is 1.81 bits per heavy atom. The fourth-order valence-electron chi connectivity index (χ4n) is 5.02. The van der Waals surface area contributed by atoms with Crippen molar-refractivity contribution < 1.29 is 14.0 Å². The summed E-state index contributed by atoms with van der Waals surface area (Å²) >= 11 is 7.74. The molecule has 3 amide bonds. The van der Waals surface area contributed by atoms with E-state index >= 15 is 0 Å². The molecule has 3 aromatic rings. The van der Waals surface area contributed by atoms with E-state index in [0.29, 0.717) is 43.3 Å². The van der Waals surface area contributed by atoms with Gasteiger partial charge >= 0.3 is 6.03 Å². The van der Waals surface area contributed by atoms with Gasteiger partial charge in [0, 0.05) is 48.3 Å². The van der Waals surface area contributed by atoms with Gasteiger partial charge in [0.15, 0.2) is 0 Å². The van der Waals surface area contributed by atoms with Crippen molar-refractivity contribution in [1.82, 2.24) is 14.7 Å². The molecule has 0 spiro atoms. The van der Waals surface area contributed by atoms with E-state index in [1.807, 2.05) is 11.0 Å². The van der Waals surface area contributed by atoms with Gasteiger partial charge in [0.2, 0.25) is 5.91 Å². The molecule has 0 saturated carbocycles. The summed E-state index contributed by atoms with van der Waals surface area (Å²) in [5.74, 6) is -0.239. The topological polar surface area (TPSA) is 55.9 Å². The van der Waals surface area contributed by atoms with Crippen LogP contribution in [0, 0.1) is 5.82 Å². The van der Waals surface area contributed by atoms with E-state index in [2.05, 4.69) is 21.7 Å². The van der Waals surface area contributed by atoms with E-state index in [1.54, 1.807) is 52.6 Å². The molecule has 1 aromatic heterocycles. The fraction of sp³-hybridized carbons (Fsp3) is 0.333. The monoisotopic (exact) mass is 526 g/mol. The van der Waals surface area contributed by atoms with Crippen molar-refractivity contribution in [3.63, 3.8) is 0 Å². The van der Waals surface area contributed by atoms with Gasteiger partial charge < -0.3 is 15.1 Å². The molecule has 0 aliphatic carbocycles. The molecule has 1 fully saturated rings. The Labute approximate surface area is 219 Å². The third-order valence-corrected chi connectivity index (χ3v) is 8.01. The van der Waals surface area contributed by atoms with Crippen LogP contribution in [0.4, 0.5) is 14.9 Å². The van der Waals surface area contributed by atoms with Gasteiger partial charge in [0.25, 0.3) is 0 Å². The maximum absolute atomic E-state index is 14.1. The smallest absolute Gasteiger partial charge is 0.321 e. The first-order valence-electron chi connectivity index (χ1n) is 12.1. The van der Waals surface area contributed by atoms with Gasteiger partial charge in [-0.2, -0.15) is 0 Å². The normalized spacial score (nSPS) is 18.4. The molecule has 5 rings (SSSR count). The zero-order valence-electron chi connectivity index (χ0n) is 19.8. The van der Waals surface area contributed by atoms with Crippen LogP contribution in [0.15, 0.2) is 60.0 Å². The molecule has 1 saturated heterocycles. The van der Waals surface area contributed by atoms with Gasteiger partial charge in [-0.1, -0.05) is 29.8 Å². The Kier molecular flexibility index (Phi) is 7.55. The lowest BCUT2D eigenvalue weighted by atomic mass is 9.93. The van der Waals surface area contributed by atoms with Crippen molar-refractivity contribution in [3.05, 3.63) is 86.8 Å². The summed E-state index contributed by atoms with van der Waals surface area (Å²) in [6.45, 7) is 3.10. The number of benzene rings is 2. The van der Waals surface area contributed by atoms with E-state index in [4.69, 9.17) is 11.6 Å². The number of hydrogen-bond acceptors (Lipinski definition) is 4. The van der Waals surface area contributed by atoms with Crippen molar-refractivity contribution >= 4 is 40.6 Å². The van der Waals surface area contributed by atoms with Crippen LogP contribution in [0.25, 0.3) is 0 Å². The van der Waals surface area contributed by atoms with E-state index < -0.39 is 0 Å². The molecule has 1 N–H and O–H groups in total. The lowest BCUT2D eigenvalue weighted by molar-refractivity contribution is -0.132. The number of carbonyl (C=O) groups excluding carboxylic acids is 2. The first-order valence-corrected chi connectivity index (χ1v) is 13.4. The highest BCUT2D eigenvalue weighted by atomic mass is 35.5. The summed E-state index contributed by atoms with van der Waals surface area (Å²) in [6.07, 6.45) is 1.58. The minimum atomic E-state index is -0.273. The number of urea groups is 1. The highest BCUT2D eigenvalue weighted by Gasteiger charge is 2.32. The van der Waals surface area contributed by atoms with Crippen LogP contribution in [0.5, 0.6) is 0 Å². The van der Waals surface area contributed by atoms with E-state index in [9.17, 15) is 14.0 Å². The summed E-state index contributed by atoms with van der Waals surface area (Å²) in [7, 11) is 0. The number of rotatable bonds is 4. The maximum Gasteiger partial charge on any atom is 0.321 e. The van der Waals surface area contributed by atoms with Crippen LogP contribution in [0.2, 0.25) is 5.02 Å². The summed E-state index contributed by atoms with van der Waals surface area (Å²) in [5.41, 5.74) is 2.66. The van der Waals surface area contributed by atoms with Gasteiger partial charge in [-0.25, -0.2) is 9.18 Å². The Morgan fingerprint density at radius 1 is 1.00 bits per heavy atom. The standard InChI is InChI=1S/C27H28ClFN4O2S/c28-20-5-2-7-22(17-20)30-27(35)32-11-3-10-31(13-14-32)25(34)18-33-12-8-24-23(9-15-36-24)26(33)19-4-1-6-21(29)16-19/h1-2,4-7,9,15-17,26H,3,8,10-14,18H2,(H,30,35). The zero-order valence-corrected chi connectivity index (χ0v) is 21.4. The van der Waals surface area contributed by atoms with Gasteiger partial charge in [0.05, 0.1) is 12.6 Å². The summed E-state index contributed by atoms with van der Waals surface area (Å²) in [4.78, 5) is 33.2. The molecule has 2 aromatic carbocycles. The molecule has 0 radical (unpaired) electrons. The quantitative estimate of drug-likeness (QED) is 0.505. The number of carbonyl (C=O) groups is 2. The van der Waals surface area contributed by atoms with Gasteiger partial charge in [0.1, 0.15) is 5.82 Å². The number of nitrogens with one attached hydrogen (secondary N) is 1. The second kappa shape index (κ2) is 11.0. The Morgan fingerprint density at radius 3 is 2.64 bits per heavy atom. The maximum atomic E-state index is 14.1. The molecule has 3 heterocycles. The Hall–Kier alpha value is -2.94. The van der Waals surface area contributed by atoms with Crippen molar-refractivity contribution in [1.29, 1.82) is 0 Å². The second-order valence-electron chi connectivity index (χ2n) is 9.14. The van der Waals surface area contributed by atoms with Gasteiger partial charge in [-0.3, -0.25) is 9.69 Å². The number of nitrogens with zero attached hydrogens (tertiary/aromatic N) is 3. The number of anilines is 1. The molecule has 0 bridgehead atoms. The molecule has 1 unspecified atom stereocenters. The Bertz CT molecular complexity index is 1250. The van der Waals surface area contributed by atoms with Crippen molar-refractivity contribution in [2.24, 2.45) is 0 Å². The number of thiophene rings is 1. The van der Waals surface area contributed by atoms with Crippen molar-refractivity contribution in [3.8, 4) is 0 Å². The number of halogens is 2. The molecule has 2 aliphatic heterocycles. The van der Waals surface area contributed by atoms with Crippen LogP contribution in [-0.2, 0) is 11.2 Å². The zero-order chi connectivity index (χ0) is 25.1. The molecule has 36 heavy (non-hydrogen) atoms. The van der Waals surface area contributed by atoms with Gasteiger partial charge in [-0.15, -0.1) is 11.3 Å². The third-order valence-electron chi connectivity index (χ3n) is 6.78. The predicted molar refractivity (Wildman–Crippen MR) is 141 cm³/mol. The summed E-state index contributed by atoms with van der Waals surface area (Å²) < 4.78 is 14.1. The van der Waals surface area contributed by atoms with Crippen LogP contribution in [0.3, 0.4) is 0 Å². The average Bonchev–Trinajstić information content (AvgIpc) is 3.19. The number of amides is 3. The number of fused-ring (bicyclic) bond motifs is 1. The molecular formula is C27H28ClFN4O2S. The first kappa shape index (κ1) is 24.7. The van der Waals surface area contributed by atoms with E-state index in [-0.39, 0.29) is 30.3 Å². The summed E-state index contributed by atoms with van der Waals surface area (Å²) in [6, 6.07) is 15.5. The highest BCUT2D eigenvalue weighted by Crippen LogP contribution is 2.37. The average molecular weight is 527 g/mol. The predicted octanol–water partition coefficient (Wildman–Crippen LogP) is 5.25. The third kappa shape index (κ3) is 5.56. The summed E-state index contributed by atoms with van der Waals surface area (Å²) in [5, 5.41) is 5.52.